The van der Waals surface area contributed by atoms with E-state index in [1.54, 1.807) is 4.57 Å². The smallest absolute Gasteiger partial charge is 0.262 e. The summed E-state index contributed by atoms with van der Waals surface area (Å²) in [6, 6.07) is 22.7. The molecule has 0 spiro atoms. The van der Waals surface area contributed by atoms with E-state index < -0.39 is 0 Å². The maximum Gasteiger partial charge on any atom is 0.262 e. The van der Waals surface area contributed by atoms with E-state index in [1.807, 2.05) is 66.2 Å². The van der Waals surface area contributed by atoms with E-state index in [1.165, 1.54) is 12.1 Å². The molecule has 0 saturated carbocycles. The van der Waals surface area contributed by atoms with E-state index in [2.05, 4.69) is 20.9 Å². The number of aryl methyl sites for hydroxylation is 1. The van der Waals surface area contributed by atoms with Crippen LogP contribution < -0.4 is 10.9 Å². The van der Waals surface area contributed by atoms with Gasteiger partial charge in [0.15, 0.2) is 4.77 Å². The number of nitrogens with zero attached hydrogens (tertiary/aromatic N) is 5. The standard InChI is InChI=1S/C30H31FN6OS/c1-34-26-8-4-2-6-24(26)28(38)36(30(34)39)19-18-35-16-14-23(15-17-35)32-29-33-25-7-3-5-9-27(25)37(29)20-21-10-12-22(31)13-11-21/h2-13,23H,14-20H2,1H3,(H,32,33). The molecule has 1 aliphatic rings. The molecule has 1 fully saturated rings. The van der Waals surface area contributed by atoms with Gasteiger partial charge in [-0.1, -0.05) is 36.4 Å². The van der Waals surface area contributed by atoms with Crippen LogP contribution >= 0.6 is 12.2 Å². The maximum atomic E-state index is 13.5. The Morgan fingerprint density at radius 1 is 0.923 bits per heavy atom. The van der Waals surface area contributed by atoms with Crippen molar-refractivity contribution in [3.8, 4) is 0 Å². The van der Waals surface area contributed by atoms with Crippen LogP contribution in [0.15, 0.2) is 77.6 Å². The van der Waals surface area contributed by atoms with Crippen LogP contribution in [0.5, 0.6) is 0 Å². The fourth-order valence-electron chi connectivity index (χ4n) is 5.50. The van der Waals surface area contributed by atoms with E-state index in [4.69, 9.17) is 17.2 Å². The lowest BCUT2D eigenvalue weighted by molar-refractivity contribution is 0.210. The van der Waals surface area contributed by atoms with Crippen LogP contribution in [0.25, 0.3) is 21.9 Å². The van der Waals surface area contributed by atoms with Crippen molar-refractivity contribution in [2.24, 2.45) is 7.05 Å². The van der Waals surface area contributed by atoms with Crippen LogP contribution in [0.4, 0.5) is 10.3 Å². The van der Waals surface area contributed by atoms with Gasteiger partial charge in [0.25, 0.3) is 5.56 Å². The van der Waals surface area contributed by atoms with Crippen LogP contribution in [0.1, 0.15) is 18.4 Å². The summed E-state index contributed by atoms with van der Waals surface area (Å²) in [6.07, 6.45) is 1.95. The number of aromatic nitrogens is 4. The Morgan fingerprint density at radius 2 is 1.62 bits per heavy atom. The lowest BCUT2D eigenvalue weighted by Gasteiger charge is -2.32. The predicted octanol–water partition coefficient (Wildman–Crippen LogP) is 5.18. The molecule has 1 saturated heterocycles. The largest absolute Gasteiger partial charge is 0.353 e. The molecule has 7 nitrogen and oxygen atoms in total. The summed E-state index contributed by atoms with van der Waals surface area (Å²) in [5, 5.41) is 4.38. The number of rotatable bonds is 7. The van der Waals surface area contributed by atoms with Crippen molar-refractivity contribution in [1.82, 2.24) is 23.6 Å². The molecular formula is C30H31FN6OS. The number of benzene rings is 3. The van der Waals surface area contributed by atoms with Gasteiger partial charge in [-0.3, -0.25) is 9.36 Å². The van der Waals surface area contributed by atoms with Gasteiger partial charge >= 0.3 is 0 Å². The SMILES string of the molecule is Cn1c(=S)n(CCN2CCC(Nc3nc4ccccc4n3Cc3ccc(F)cc3)CC2)c(=O)c2ccccc21. The molecule has 0 amide bonds. The average Bonchev–Trinajstić information content (AvgIpc) is 3.30. The van der Waals surface area contributed by atoms with Crippen LogP contribution in [0.3, 0.4) is 0 Å². The molecular weight excluding hydrogens is 511 g/mol. The number of halogens is 1. The molecule has 0 atom stereocenters. The van der Waals surface area contributed by atoms with Gasteiger partial charge in [0.1, 0.15) is 5.82 Å². The van der Waals surface area contributed by atoms with Gasteiger partial charge in [-0.15, -0.1) is 0 Å². The Balaban J connectivity index is 1.13. The highest BCUT2D eigenvalue weighted by molar-refractivity contribution is 7.71. The molecule has 0 unspecified atom stereocenters. The van der Waals surface area contributed by atoms with Crippen LogP contribution in [0.2, 0.25) is 0 Å². The highest BCUT2D eigenvalue weighted by Gasteiger charge is 2.22. The third kappa shape index (κ3) is 5.12. The summed E-state index contributed by atoms with van der Waals surface area (Å²) < 4.78 is 19.8. The van der Waals surface area contributed by atoms with Gasteiger partial charge in [-0.05, 0) is 67.0 Å². The molecule has 9 heteroatoms. The molecule has 0 bridgehead atoms. The van der Waals surface area contributed by atoms with Crippen molar-refractivity contribution < 1.29 is 4.39 Å². The molecule has 200 valence electrons. The molecule has 1 N–H and O–H groups in total. The normalized spacial score (nSPS) is 14.8. The topological polar surface area (TPSA) is 60.0 Å². The highest BCUT2D eigenvalue weighted by atomic mass is 32.1. The number of para-hydroxylation sites is 3. The second kappa shape index (κ2) is 10.7. The van der Waals surface area contributed by atoms with Crippen molar-refractivity contribution in [1.29, 1.82) is 0 Å². The minimum atomic E-state index is -0.234. The number of anilines is 1. The minimum Gasteiger partial charge on any atom is -0.353 e. The fourth-order valence-corrected chi connectivity index (χ4v) is 5.78. The quantitative estimate of drug-likeness (QED) is 0.287. The summed E-state index contributed by atoms with van der Waals surface area (Å²) in [5.74, 6) is 0.604. The first-order valence-electron chi connectivity index (χ1n) is 13.3. The monoisotopic (exact) mass is 542 g/mol. The van der Waals surface area contributed by atoms with Crippen molar-refractivity contribution in [3.05, 3.63) is 99.3 Å². The number of hydrogen-bond donors (Lipinski definition) is 1. The summed E-state index contributed by atoms with van der Waals surface area (Å²) >= 11 is 5.63. The maximum absolute atomic E-state index is 13.5. The van der Waals surface area contributed by atoms with E-state index >= 15 is 0 Å². The van der Waals surface area contributed by atoms with E-state index in [0.29, 0.717) is 29.3 Å². The first-order chi connectivity index (χ1) is 19.0. The number of hydrogen-bond acceptors (Lipinski definition) is 5. The van der Waals surface area contributed by atoms with E-state index in [-0.39, 0.29) is 11.4 Å². The average molecular weight is 543 g/mol. The Morgan fingerprint density at radius 3 is 2.38 bits per heavy atom. The molecule has 3 heterocycles. The van der Waals surface area contributed by atoms with Crippen LogP contribution in [-0.4, -0.2) is 49.3 Å². The number of likely N-dealkylation sites (tertiary alicyclic amines) is 1. The molecule has 1 aliphatic heterocycles. The van der Waals surface area contributed by atoms with Gasteiger partial charge in [-0.2, -0.15) is 0 Å². The summed E-state index contributed by atoms with van der Waals surface area (Å²) in [6.45, 7) is 3.82. The Hall–Kier alpha value is -3.82. The first-order valence-corrected chi connectivity index (χ1v) is 13.8. The fraction of sp³-hybridized carbons (Fsp3) is 0.300. The Bertz CT molecular complexity index is 1750. The summed E-state index contributed by atoms with van der Waals surface area (Å²) in [4.78, 5) is 20.4. The molecule has 3 aromatic carbocycles. The second-order valence-electron chi connectivity index (χ2n) is 10.2. The Labute approximate surface area is 231 Å². The van der Waals surface area contributed by atoms with Crippen molar-refractivity contribution in [2.75, 3.05) is 25.0 Å². The lowest BCUT2D eigenvalue weighted by Crippen LogP contribution is -2.41. The molecule has 39 heavy (non-hydrogen) atoms. The third-order valence-corrected chi connectivity index (χ3v) is 8.22. The number of piperidine rings is 1. The summed E-state index contributed by atoms with van der Waals surface area (Å²) in [7, 11) is 1.92. The van der Waals surface area contributed by atoms with Crippen molar-refractivity contribution in [2.45, 2.75) is 32.0 Å². The van der Waals surface area contributed by atoms with Crippen LogP contribution in [0, 0.1) is 10.6 Å². The molecule has 5 aromatic rings. The third-order valence-electron chi connectivity index (χ3n) is 7.73. The second-order valence-corrected chi connectivity index (χ2v) is 10.6. The van der Waals surface area contributed by atoms with Crippen molar-refractivity contribution >= 4 is 40.1 Å². The zero-order valence-corrected chi connectivity index (χ0v) is 22.7. The zero-order valence-electron chi connectivity index (χ0n) is 21.9. The zero-order chi connectivity index (χ0) is 26.9. The van der Waals surface area contributed by atoms with Gasteiger partial charge in [0.2, 0.25) is 5.95 Å². The summed E-state index contributed by atoms with van der Waals surface area (Å²) in [5.41, 5.74) is 3.85. The van der Waals surface area contributed by atoms with Gasteiger partial charge in [0, 0.05) is 39.3 Å². The predicted molar refractivity (Wildman–Crippen MR) is 156 cm³/mol. The number of imidazole rings is 1. The van der Waals surface area contributed by atoms with E-state index in [9.17, 15) is 9.18 Å². The van der Waals surface area contributed by atoms with Gasteiger partial charge in [-0.25, -0.2) is 9.37 Å². The molecule has 2 aromatic heterocycles. The van der Waals surface area contributed by atoms with Gasteiger partial charge in [0.05, 0.1) is 28.5 Å². The molecule has 6 rings (SSSR count). The Kier molecular flexibility index (Phi) is 7.01. The van der Waals surface area contributed by atoms with Gasteiger partial charge < -0.3 is 19.4 Å². The van der Waals surface area contributed by atoms with Crippen molar-refractivity contribution in [3.63, 3.8) is 0 Å². The molecule has 0 aliphatic carbocycles. The number of fused-ring (bicyclic) bond motifs is 2. The highest BCUT2D eigenvalue weighted by Crippen LogP contribution is 2.24. The molecule has 0 radical (unpaired) electrons. The minimum absolute atomic E-state index is 0.0229. The lowest BCUT2D eigenvalue weighted by atomic mass is 10.1. The van der Waals surface area contributed by atoms with E-state index in [0.717, 1.165) is 60.5 Å². The van der Waals surface area contributed by atoms with Crippen LogP contribution in [-0.2, 0) is 20.1 Å². The number of nitrogens with one attached hydrogen (secondary N) is 1. The first kappa shape index (κ1) is 25.5.